The molecule has 0 aromatic heterocycles. The second-order valence-electron chi connectivity index (χ2n) is 5.53. The number of hydrogen-bond donors (Lipinski definition) is 0. The summed E-state index contributed by atoms with van der Waals surface area (Å²) in [7, 11) is 0. The van der Waals surface area contributed by atoms with Crippen LogP contribution in [-0.2, 0) is 4.74 Å². The van der Waals surface area contributed by atoms with Gasteiger partial charge < -0.3 is 9.47 Å². The molecule has 0 aliphatic heterocycles. The van der Waals surface area contributed by atoms with Crippen LogP contribution in [0.4, 0.5) is 0 Å². The van der Waals surface area contributed by atoms with Gasteiger partial charge in [-0.05, 0) is 31.4 Å². The zero-order valence-corrected chi connectivity index (χ0v) is 12.5. The van der Waals surface area contributed by atoms with Crippen molar-refractivity contribution in [1.82, 2.24) is 0 Å². The van der Waals surface area contributed by atoms with Gasteiger partial charge >= 0.3 is 0 Å². The van der Waals surface area contributed by atoms with Crippen LogP contribution in [0.3, 0.4) is 0 Å². The molecule has 0 saturated heterocycles. The molecule has 0 heterocycles. The van der Waals surface area contributed by atoms with Gasteiger partial charge in [-0.3, -0.25) is 4.79 Å². The van der Waals surface area contributed by atoms with Crippen LogP contribution in [0, 0.1) is 5.41 Å². The lowest BCUT2D eigenvalue weighted by atomic mass is 9.84. The van der Waals surface area contributed by atoms with E-state index in [9.17, 15) is 4.79 Å². The molecular weight excluding hydrogens is 240 g/mol. The topological polar surface area (TPSA) is 35.5 Å². The highest BCUT2D eigenvalue weighted by atomic mass is 16.5. The van der Waals surface area contributed by atoms with Crippen LogP contribution in [0.5, 0.6) is 5.75 Å². The molecule has 0 radical (unpaired) electrons. The fourth-order valence-electron chi connectivity index (χ4n) is 1.94. The van der Waals surface area contributed by atoms with Crippen molar-refractivity contribution in [1.29, 1.82) is 0 Å². The van der Waals surface area contributed by atoms with Gasteiger partial charge in [0.25, 0.3) is 0 Å². The molecule has 1 atom stereocenters. The Morgan fingerprint density at radius 1 is 1.21 bits per heavy atom. The van der Waals surface area contributed by atoms with E-state index in [2.05, 4.69) is 0 Å². The summed E-state index contributed by atoms with van der Waals surface area (Å²) in [5.74, 6) is 0.730. The van der Waals surface area contributed by atoms with Crippen LogP contribution in [0.15, 0.2) is 24.3 Å². The number of hydrogen-bond acceptors (Lipinski definition) is 3. The molecule has 0 saturated carbocycles. The van der Waals surface area contributed by atoms with Gasteiger partial charge in [0, 0.05) is 12.2 Å². The SMILES string of the molecule is CCOc1cccc(C(=O)C(OCC)C(C)(C)C)c1. The molecule has 0 bridgehead atoms. The lowest BCUT2D eigenvalue weighted by molar-refractivity contribution is -0.000237. The van der Waals surface area contributed by atoms with Crippen LogP contribution in [-0.4, -0.2) is 25.1 Å². The second-order valence-corrected chi connectivity index (χ2v) is 5.53. The van der Waals surface area contributed by atoms with Crippen molar-refractivity contribution >= 4 is 5.78 Å². The Kier molecular flexibility index (Phi) is 5.55. The minimum atomic E-state index is -0.436. The number of benzene rings is 1. The summed E-state index contributed by atoms with van der Waals surface area (Å²) in [5.41, 5.74) is 0.411. The lowest BCUT2D eigenvalue weighted by Crippen LogP contribution is -2.37. The number of carbonyl (C=O) groups is 1. The van der Waals surface area contributed by atoms with E-state index in [1.165, 1.54) is 0 Å². The van der Waals surface area contributed by atoms with Crippen molar-refractivity contribution < 1.29 is 14.3 Å². The fourth-order valence-corrected chi connectivity index (χ4v) is 1.94. The van der Waals surface area contributed by atoms with E-state index in [0.717, 1.165) is 5.75 Å². The lowest BCUT2D eigenvalue weighted by Gasteiger charge is -2.29. The molecular formula is C16H24O3. The predicted octanol–water partition coefficient (Wildman–Crippen LogP) is 3.72. The first kappa shape index (κ1) is 15.7. The normalized spacial score (nSPS) is 13.1. The van der Waals surface area contributed by atoms with Crippen molar-refractivity contribution in [3.8, 4) is 5.75 Å². The van der Waals surface area contributed by atoms with Gasteiger partial charge in [-0.1, -0.05) is 32.9 Å². The van der Waals surface area contributed by atoms with E-state index in [1.807, 2.05) is 52.8 Å². The number of ether oxygens (including phenoxy) is 2. The monoisotopic (exact) mass is 264 g/mol. The van der Waals surface area contributed by atoms with E-state index < -0.39 is 6.10 Å². The first-order chi connectivity index (χ1) is 8.90. The Morgan fingerprint density at radius 3 is 2.42 bits per heavy atom. The van der Waals surface area contributed by atoms with Crippen LogP contribution in [0.25, 0.3) is 0 Å². The maximum Gasteiger partial charge on any atom is 0.192 e. The van der Waals surface area contributed by atoms with Crippen LogP contribution >= 0.6 is 0 Å². The predicted molar refractivity (Wildman–Crippen MR) is 76.8 cm³/mol. The van der Waals surface area contributed by atoms with E-state index in [-0.39, 0.29) is 11.2 Å². The zero-order valence-electron chi connectivity index (χ0n) is 12.5. The summed E-state index contributed by atoms with van der Waals surface area (Å²) in [4.78, 5) is 12.6. The zero-order chi connectivity index (χ0) is 14.5. The summed E-state index contributed by atoms with van der Waals surface area (Å²) in [6, 6.07) is 7.28. The van der Waals surface area contributed by atoms with Crippen molar-refractivity contribution in [2.45, 2.75) is 40.7 Å². The maximum absolute atomic E-state index is 12.6. The number of carbonyl (C=O) groups excluding carboxylic acids is 1. The van der Waals surface area contributed by atoms with E-state index in [0.29, 0.717) is 18.8 Å². The molecule has 0 fully saturated rings. The molecule has 3 nitrogen and oxygen atoms in total. The highest BCUT2D eigenvalue weighted by Crippen LogP contribution is 2.26. The van der Waals surface area contributed by atoms with E-state index in [4.69, 9.17) is 9.47 Å². The standard InChI is InChI=1S/C16H24O3/c1-6-18-13-10-8-9-12(11-13)14(17)15(19-7-2)16(3,4)5/h8-11,15H,6-7H2,1-5H3. The molecule has 0 spiro atoms. The Hall–Kier alpha value is -1.35. The van der Waals surface area contributed by atoms with Gasteiger partial charge in [-0.15, -0.1) is 0 Å². The summed E-state index contributed by atoms with van der Waals surface area (Å²) in [5, 5.41) is 0. The second kappa shape index (κ2) is 6.71. The molecule has 1 aromatic rings. The van der Waals surface area contributed by atoms with Crippen molar-refractivity contribution in [2.24, 2.45) is 5.41 Å². The summed E-state index contributed by atoms with van der Waals surface area (Å²) < 4.78 is 11.1. The minimum Gasteiger partial charge on any atom is -0.494 e. The average Bonchev–Trinajstić information content (AvgIpc) is 2.34. The Balaban J connectivity index is 2.99. The Labute approximate surface area is 115 Å². The molecule has 106 valence electrons. The van der Waals surface area contributed by atoms with Gasteiger partial charge in [0.15, 0.2) is 5.78 Å². The Morgan fingerprint density at radius 2 is 1.89 bits per heavy atom. The highest BCUT2D eigenvalue weighted by Gasteiger charge is 2.32. The number of Topliss-reactive ketones (excluding diaryl/α,β-unsaturated/α-hetero) is 1. The summed E-state index contributed by atoms with van der Waals surface area (Å²) in [6.07, 6.45) is -0.436. The highest BCUT2D eigenvalue weighted by molar-refractivity contribution is 6.00. The smallest absolute Gasteiger partial charge is 0.192 e. The van der Waals surface area contributed by atoms with Gasteiger partial charge in [-0.25, -0.2) is 0 Å². The summed E-state index contributed by atoms with van der Waals surface area (Å²) >= 11 is 0. The van der Waals surface area contributed by atoms with Gasteiger partial charge in [0.1, 0.15) is 11.9 Å². The van der Waals surface area contributed by atoms with Crippen LogP contribution in [0.1, 0.15) is 45.0 Å². The third-order valence-electron chi connectivity index (χ3n) is 2.79. The molecule has 0 amide bonds. The number of rotatable bonds is 6. The molecule has 19 heavy (non-hydrogen) atoms. The molecule has 1 aromatic carbocycles. The van der Waals surface area contributed by atoms with Gasteiger partial charge in [-0.2, -0.15) is 0 Å². The molecule has 1 unspecified atom stereocenters. The minimum absolute atomic E-state index is 0.0101. The third-order valence-corrected chi connectivity index (χ3v) is 2.79. The van der Waals surface area contributed by atoms with Crippen molar-refractivity contribution in [2.75, 3.05) is 13.2 Å². The first-order valence-corrected chi connectivity index (χ1v) is 6.78. The molecule has 0 aliphatic rings. The van der Waals surface area contributed by atoms with Crippen LogP contribution in [0.2, 0.25) is 0 Å². The van der Waals surface area contributed by atoms with Crippen molar-refractivity contribution in [3.05, 3.63) is 29.8 Å². The molecule has 1 rings (SSSR count). The third kappa shape index (κ3) is 4.35. The number of ketones is 1. The van der Waals surface area contributed by atoms with E-state index in [1.54, 1.807) is 6.07 Å². The van der Waals surface area contributed by atoms with Gasteiger partial charge in [0.05, 0.1) is 6.61 Å². The van der Waals surface area contributed by atoms with Crippen molar-refractivity contribution in [3.63, 3.8) is 0 Å². The Bertz CT molecular complexity index is 418. The maximum atomic E-state index is 12.6. The van der Waals surface area contributed by atoms with Crippen LogP contribution < -0.4 is 4.74 Å². The largest absolute Gasteiger partial charge is 0.494 e. The molecule has 0 N–H and O–H groups in total. The molecule has 3 heteroatoms. The molecule has 0 aliphatic carbocycles. The average molecular weight is 264 g/mol. The quantitative estimate of drug-likeness (QED) is 0.735. The summed E-state index contributed by atoms with van der Waals surface area (Å²) in [6.45, 7) is 11.0. The first-order valence-electron chi connectivity index (χ1n) is 6.78. The van der Waals surface area contributed by atoms with E-state index >= 15 is 0 Å². The van der Waals surface area contributed by atoms with Gasteiger partial charge in [0.2, 0.25) is 0 Å². The fraction of sp³-hybridized carbons (Fsp3) is 0.562.